The average molecular weight is 303 g/mol. The minimum absolute atomic E-state index is 0.216. The van der Waals surface area contributed by atoms with Crippen LogP contribution in [-0.4, -0.2) is 48.8 Å². The third kappa shape index (κ3) is 3.61. The Bertz CT molecular complexity index is 572. The maximum absolute atomic E-state index is 5.85. The monoisotopic (exact) mass is 303 g/mol. The van der Waals surface area contributed by atoms with E-state index in [2.05, 4.69) is 46.7 Å². The van der Waals surface area contributed by atoms with E-state index in [1.165, 1.54) is 0 Å². The number of thiazole rings is 1. The van der Waals surface area contributed by atoms with Gasteiger partial charge in [-0.3, -0.25) is 0 Å². The van der Waals surface area contributed by atoms with Gasteiger partial charge in [0.15, 0.2) is 5.13 Å². The minimum Gasteiger partial charge on any atom is -0.373 e. The van der Waals surface area contributed by atoms with Crippen LogP contribution in [0, 0.1) is 0 Å². The van der Waals surface area contributed by atoms with E-state index in [0.29, 0.717) is 0 Å². The summed E-state index contributed by atoms with van der Waals surface area (Å²) >= 11 is 1.65. The van der Waals surface area contributed by atoms with Gasteiger partial charge in [0, 0.05) is 24.0 Å². The Morgan fingerprint density at radius 2 is 2.19 bits per heavy atom. The molecule has 1 aromatic carbocycles. The molecule has 2 atom stereocenters. The Morgan fingerprint density at radius 1 is 1.38 bits per heavy atom. The van der Waals surface area contributed by atoms with Crippen LogP contribution >= 0.6 is 11.3 Å². The van der Waals surface area contributed by atoms with Gasteiger partial charge in [-0.25, -0.2) is 4.98 Å². The first-order valence-corrected chi connectivity index (χ1v) is 8.18. The largest absolute Gasteiger partial charge is 0.373 e. The van der Waals surface area contributed by atoms with Gasteiger partial charge in [0.05, 0.1) is 24.4 Å². The van der Waals surface area contributed by atoms with Crippen LogP contribution in [0.3, 0.4) is 0 Å². The molecule has 0 aliphatic carbocycles. The molecule has 0 amide bonds. The fraction of sp³-hybridized carbons (Fsp3) is 0.438. The van der Waals surface area contributed by atoms with E-state index < -0.39 is 0 Å². The number of benzene rings is 1. The lowest BCUT2D eigenvalue weighted by atomic mass is 10.1. The molecule has 2 aromatic rings. The topological polar surface area (TPSA) is 37.4 Å². The van der Waals surface area contributed by atoms with E-state index in [1.807, 2.05) is 18.2 Å². The second kappa shape index (κ2) is 6.56. The molecule has 1 aliphatic heterocycles. The standard InChI is InChI=1S/C16H21N3OS/c1-12(15-10-19(2)8-9-20-15)17-16-18-14(11-21-16)13-6-4-3-5-7-13/h3-7,11-12,15H,8-10H2,1-2H3,(H,17,18). The lowest BCUT2D eigenvalue weighted by Crippen LogP contribution is -2.47. The first kappa shape index (κ1) is 14.5. The SMILES string of the molecule is CC(Nc1nc(-c2ccccc2)cs1)C1CN(C)CCO1. The van der Waals surface area contributed by atoms with Crippen molar-refractivity contribution in [1.82, 2.24) is 9.88 Å². The third-order valence-corrected chi connectivity index (χ3v) is 4.55. The van der Waals surface area contributed by atoms with Crippen LogP contribution in [0.2, 0.25) is 0 Å². The van der Waals surface area contributed by atoms with Crippen molar-refractivity contribution in [2.75, 3.05) is 32.1 Å². The van der Waals surface area contributed by atoms with Crippen molar-refractivity contribution in [3.63, 3.8) is 0 Å². The van der Waals surface area contributed by atoms with Crippen LogP contribution in [0.15, 0.2) is 35.7 Å². The van der Waals surface area contributed by atoms with Gasteiger partial charge >= 0.3 is 0 Å². The van der Waals surface area contributed by atoms with Gasteiger partial charge in [0.25, 0.3) is 0 Å². The Labute approximate surface area is 129 Å². The third-order valence-electron chi connectivity index (χ3n) is 3.78. The summed E-state index contributed by atoms with van der Waals surface area (Å²) in [6, 6.07) is 10.5. The molecular formula is C16H21N3OS. The highest BCUT2D eigenvalue weighted by Gasteiger charge is 2.24. The fourth-order valence-corrected chi connectivity index (χ4v) is 3.30. The summed E-state index contributed by atoms with van der Waals surface area (Å²) in [5.74, 6) is 0. The van der Waals surface area contributed by atoms with Gasteiger partial charge in [-0.2, -0.15) is 0 Å². The molecule has 2 unspecified atom stereocenters. The van der Waals surface area contributed by atoms with Crippen molar-refractivity contribution in [2.45, 2.75) is 19.1 Å². The second-order valence-corrected chi connectivity index (χ2v) is 6.37. The Balaban J connectivity index is 1.64. The highest BCUT2D eigenvalue weighted by atomic mass is 32.1. The summed E-state index contributed by atoms with van der Waals surface area (Å²) in [6.45, 7) is 4.94. The molecule has 2 heterocycles. The lowest BCUT2D eigenvalue weighted by Gasteiger charge is -2.33. The van der Waals surface area contributed by atoms with Gasteiger partial charge in [-0.15, -0.1) is 11.3 Å². The molecule has 1 aliphatic rings. The van der Waals surface area contributed by atoms with E-state index in [4.69, 9.17) is 4.74 Å². The van der Waals surface area contributed by atoms with Crippen LogP contribution in [0.1, 0.15) is 6.92 Å². The van der Waals surface area contributed by atoms with Crippen molar-refractivity contribution in [3.05, 3.63) is 35.7 Å². The summed E-state index contributed by atoms with van der Waals surface area (Å²) < 4.78 is 5.85. The normalized spacial score (nSPS) is 21.1. The van der Waals surface area contributed by atoms with Gasteiger partial charge in [0.1, 0.15) is 0 Å². The number of nitrogens with zero attached hydrogens (tertiary/aromatic N) is 2. The van der Waals surface area contributed by atoms with Crippen LogP contribution in [0.4, 0.5) is 5.13 Å². The fourth-order valence-electron chi connectivity index (χ4n) is 2.48. The maximum atomic E-state index is 5.85. The number of aromatic nitrogens is 1. The summed E-state index contributed by atoms with van der Waals surface area (Å²) in [6.07, 6.45) is 0.216. The van der Waals surface area contributed by atoms with Crippen molar-refractivity contribution in [3.8, 4) is 11.3 Å². The highest BCUT2D eigenvalue weighted by molar-refractivity contribution is 7.14. The summed E-state index contributed by atoms with van der Waals surface area (Å²) in [4.78, 5) is 6.98. The van der Waals surface area contributed by atoms with Crippen LogP contribution < -0.4 is 5.32 Å². The summed E-state index contributed by atoms with van der Waals surface area (Å²) in [7, 11) is 2.14. The number of ether oxygens (including phenoxy) is 1. The predicted molar refractivity (Wildman–Crippen MR) is 87.9 cm³/mol. The molecular weight excluding hydrogens is 282 g/mol. The van der Waals surface area contributed by atoms with Gasteiger partial charge in [-0.1, -0.05) is 30.3 Å². The molecule has 1 fully saturated rings. The zero-order chi connectivity index (χ0) is 14.7. The van der Waals surface area contributed by atoms with Crippen molar-refractivity contribution < 1.29 is 4.74 Å². The van der Waals surface area contributed by atoms with E-state index in [9.17, 15) is 0 Å². The number of morpholine rings is 1. The van der Waals surface area contributed by atoms with Gasteiger partial charge < -0.3 is 15.0 Å². The van der Waals surface area contributed by atoms with E-state index in [1.54, 1.807) is 11.3 Å². The number of hydrogen-bond donors (Lipinski definition) is 1. The molecule has 112 valence electrons. The van der Waals surface area contributed by atoms with E-state index in [-0.39, 0.29) is 12.1 Å². The first-order chi connectivity index (χ1) is 10.2. The van der Waals surface area contributed by atoms with E-state index in [0.717, 1.165) is 36.1 Å². The average Bonchev–Trinajstić information content (AvgIpc) is 2.97. The zero-order valence-electron chi connectivity index (χ0n) is 12.5. The van der Waals surface area contributed by atoms with Crippen LogP contribution in [0.5, 0.6) is 0 Å². The van der Waals surface area contributed by atoms with Crippen molar-refractivity contribution in [1.29, 1.82) is 0 Å². The molecule has 0 spiro atoms. The quantitative estimate of drug-likeness (QED) is 0.942. The molecule has 0 radical (unpaired) electrons. The smallest absolute Gasteiger partial charge is 0.183 e. The molecule has 1 N–H and O–H groups in total. The second-order valence-electron chi connectivity index (χ2n) is 5.51. The maximum Gasteiger partial charge on any atom is 0.183 e. The molecule has 1 saturated heterocycles. The van der Waals surface area contributed by atoms with Crippen LogP contribution in [-0.2, 0) is 4.74 Å². The van der Waals surface area contributed by atoms with Crippen molar-refractivity contribution >= 4 is 16.5 Å². The van der Waals surface area contributed by atoms with Gasteiger partial charge in [-0.05, 0) is 14.0 Å². The number of hydrogen-bond acceptors (Lipinski definition) is 5. The molecule has 0 bridgehead atoms. The van der Waals surface area contributed by atoms with Crippen molar-refractivity contribution in [2.24, 2.45) is 0 Å². The zero-order valence-corrected chi connectivity index (χ0v) is 13.3. The Morgan fingerprint density at radius 3 is 2.95 bits per heavy atom. The molecule has 5 heteroatoms. The Kier molecular flexibility index (Phi) is 4.53. The molecule has 3 rings (SSSR count). The molecule has 21 heavy (non-hydrogen) atoms. The van der Waals surface area contributed by atoms with Crippen LogP contribution in [0.25, 0.3) is 11.3 Å². The molecule has 4 nitrogen and oxygen atoms in total. The number of rotatable bonds is 4. The number of nitrogens with one attached hydrogen (secondary N) is 1. The van der Waals surface area contributed by atoms with E-state index >= 15 is 0 Å². The first-order valence-electron chi connectivity index (χ1n) is 7.30. The number of anilines is 1. The minimum atomic E-state index is 0.216. The lowest BCUT2D eigenvalue weighted by molar-refractivity contribution is -0.0259. The number of likely N-dealkylation sites (N-methyl/N-ethyl adjacent to an activating group) is 1. The predicted octanol–water partition coefficient (Wildman–Crippen LogP) is 2.94. The molecule has 1 aromatic heterocycles. The summed E-state index contributed by atoms with van der Waals surface area (Å²) in [5, 5.41) is 6.53. The Hall–Kier alpha value is -1.43. The molecule has 0 saturated carbocycles. The highest BCUT2D eigenvalue weighted by Crippen LogP contribution is 2.25. The van der Waals surface area contributed by atoms with Gasteiger partial charge in [0.2, 0.25) is 0 Å². The summed E-state index contributed by atoms with van der Waals surface area (Å²) in [5.41, 5.74) is 2.18.